The summed E-state index contributed by atoms with van der Waals surface area (Å²) in [5, 5.41) is 44.6. The van der Waals surface area contributed by atoms with Gasteiger partial charge in [-0.3, -0.25) is 20.0 Å². The van der Waals surface area contributed by atoms with Crippen LogP contribution in [0.15, 0.2) is 140 Å². The first-order valence-electron chi connectivity index (χ1n) is 27.4. The third kappa shape index (κ3) is 31.0. The second kappa shape index (κ2) is 43.6. The molecule has 0 spiro atoms. The van der Waals surface area contributed by atoms with Gasteiger partial charge in [-0.15, -0.1) is 23.0 Å². The molecule has 0 bridgehead atoms. The zero-order valence-corrected chi connectivity index (χ0v) is 57.7. The normalized spacial score (nSPS) is 12.5. The molecule has 0 fully saturated rings. The van der Waals surface area contributed by atoms with Crippen molar-refractivity contribution >= 4 is 45.6 Å². The Morgan fingerprint density at radius 1 is 0.268 bits per heavy atom. The van der Waals surface area contributed by atoms with Crippen molar-refractivity contribution in [3.63, 3.8) is 0 Å². The average molecular weight is 1290 g/mol. The van der Waals surface area contributed by atoms with Gasteiger partial charge in [-0.2, -0.15) is 0 Å². The molecule has 82 heavy (non-hydrogen) atoms. The van der Waals surface area contributed by atoms with Crippen LogP contribution in [0.5, 0.6) is 0 Å². The van der Waals surface area contributed by atoms with Gasteiger partial charge in [0.1, 0.15) is 0 Å². The molecule has 0 aliphatic carbocycles. The maximum atomic E-state index is 11.1. The molecule has 0 N–H and O–H groups in total. The molecule has 4 rings (SSSR count). The second-order valence-electron chi connectivity index (χ2n) is 22.4. The average Bonchev–Trinajstić information content (AvgIpc) is 3.28. The van der Waals surface area contributed by atoms with Crippen LogP contribution in [-0.4, -0.2) is 22.8 Å². The molecule has 0 aliphatic rings. The number of rotatable bonds is 16. The minimum atomic E-state index is 0. The van der Waals surface area contributed by atoms with Crippen LogP contribution in [0.1, 0.15) is 258 Å². The summed E-state index contributed by atoms with van der Waals surface area (Å²) in [6.45, 7) is 48.4. The van der Waals surface area contributed by atoms with Crippen LogP contribution in [0.3, 0.4) is 0 Å². The van der Waals surface area contributed by atoms with Crippen LogP contribution < -0.4 is 20.4 Å². The first kappa shape index (κ1) is 88.2. The molecule has 12 nitrogen and oxygen atoms in total. The quantitative estimate of drug-likeness (QED) is 0.0602. The Labute approximate surface area is 524 Å². The second-order valence-corrected chi connectivity index (χ2v) is 22.4. The van der Waals surface area contributed by atoms with E-state index in [-0.39, 0.29) is 87.1 Å². The molecule has 4 aromatic carbocycles. The van der Waals surface area contributed by atoms with Crippen molar-refractivity contribution in [1.29, 1.82) is 0 Å². The van der Waals surface area contributed by atoms with E-state index in [1.807, 2.05) is 27.7 Å². The zero-order valence-electron chi connectivity index (χ0n) is 53.7. The van der Waals surface area contributed by atoms with Gasteiger partial charge in [0.2, 0.25) is 0 Å². The van der Waals surface area contributed by atoms with Crippen molar-refractivity contribution < 1.29 is 84.5 Å². The molecule has 0 saturated heterocycles. The van der Waals surface area contributed by atoms with Crippen LogP contribution >= 0.6 is 0 Å². The summed E-state index contributed by atoms with van der Waals surface area (Å²) in [5.74, 6) is 3.50. The molecule has 460 valence electrons. The number of nitrogens with zero attached hydrogens (tertiary/aromatic N) is 4. The molecule has 0 unspecified atom stereocenters. The van der Waals surface area contributed by atoms with Gasteiger partial charge >= 0.3 is 0 Å². The summed E-state index contributed by atoms with van der Waals surface area (Å²) in [7, 11) is 0. The van der Waals surface area contributed by atoms with E-state index in [1.54, 1.807) is 52.0 Å². The predicted molar refractivity (Wildman–Crippen MR) is 327 cm³/mol. The molecule has 0 amide bonds. The number of aliphatic imine (C=N–C) groups is 4. The fraction of sp³-hybridized carbons (Fsp3) is 0.471. The van der Waals surface area contributed by atoms with E-state index in [9.17, 15) is 20.4 Å². The van der Waals surface area contributed by atoms with E-state index in [0.29, 0.717) is 47.3 Å². The standard InChI is InChI=1S/4C17H25NO.2Mo.4O/c4*1-11(2)15-8-7-9-16(12(3)4)17(15)18-13(5)10-14(6)19;;;;;;/h4*7-12,19H,1-6H3;;;;;;/q;;;;;;4*-2/p-4/b4*14-10-,18-13?;;;;;;. The molecular formula is C68H96Mo2N4O8-12. The van der Waals surface area contributed by atoms with Gasteiger partial charge in [0, 0.05) is 65.0 Å². The van der Waals surface area contributed by atoms with Crippen LogP contribution in [-0.2, 0) is 64.0 Å². The molecular weight excluding hydrogens is 1190 g/mol. The molecule has 0 radical (unpaired) electrons. The SMILES string of the molecule is CC(/C=C(/C)[O-])=Nc1c(C(C)C)cccc1C(C)C.CC(/C=C(/C)[O-])=Nc1c(C(C)C)cccc1C(C)C.CC(/C=C(/C)[O-])=Nc1c(C(C)C)cccc1C(C)C.CC(/C=C(/C)[O-])=Nc1c(C(C)C)cccc1C(C)C.[Mo].[Mo].[O-2].[O-2].[O-2].[O-2]. The molecule has 14 heteroatoms. The Bertz CT molecular complexity index is 2270. The van der Waals surface area contributed by atoms with Crippen molar-refractivity contribution in [2.45, 2.75) is 214 Å². The van der Waals surface area contributed by atoms with Crippen molar-refractivity contribution in [1.82, 2.24) is 0 Å². The molecule has 0 aliphatic heterocycles. The van der Waals surface area contributed by atoms with Crippen molar-refractivity contribution in [2.75, 3.05) is 0 Å². The van der Waals surface area contributed by atoms with Crippen molar-refractivity contribution in [3.05, 3.63) is 165 Å². The number of para-hydroxylation sites is 4. The Morgan fingerprint density at radius 3 is 0.463 bits per heavy atom. The summed E-state index contributed by atoms with van der Waals surface area (Å²) in [5.41, 5.74) is 17.1. The van der Waals surface area contributed by atoms with Crippen LogP contribution in [0.2, 0.25) is 0 Å². The van der Waals surface area contributed by atoms with Crippen LogP contribution in [0.4, 0.5) is 22.7 Å². The number of allylic oxidation sites excluding steroid dienone is 8. The minimum Gasteiger partial charge on any atom is -2.00 e. The molecule has 4 aromatic rings. The van der Waals surface area contributed by atoms with Crippen molar-refractivity contribution in [3.8, 4) is 0 Å². The van der Waals surface area contributed by atoms with E-state index in [4.69, 9.17) is 0 Å². The largest absolute Gasteiger partial charge is 2.00 e. The van der Waals surface area contributed by atoms with E-state index >= 15 is 0 Å². The van der Waals surface area contributed by atoms with Gasteiger partial charge in [-0.25, -0.2) is 0 Å². The minimum absolute atomic E-state index is 0. The Kier molecular flexibility index (Phi) is 46.8. The topological polar surface area (TPSA) is 256 Å². The third-order valence-corrected chi connectivity index (χ3v) is 12.2. The number of benzene rings is 4. The van der Waals surface area contributed by atoms with Gasteiger partial charge in [0.05, 0.1) is 22.7 Å². The Balaban J connectivity index is -0.000000229. The number of hydrogen-bond donors (Lipinski definition) is 0. The third-order valence-electron chi connectivity index (χ3n) is 12.2. The van der Waals surface area contributed by atoms with Crippen LogP contribution in [0, 0.1) is 0 Å². The van der Waals surface area contributed by atoms with E-state index in [0.717, 1.165) is 45.6 Å². The maximum Gasteiger partial charge on any atom is 0.0701 e. The van der Waals surface area contributed by atoms with E-state index in [2.05, 4.69) is 204 Å². The van der Waals surface area contributed by atoms with Gasteiger partial charge in [0.25, 0.3) is 0 Å². The molecule has 0 heterocycles. The smallest absolute Gasteiger partial charge is 0.0701 e. The first-order valence-corrected chi connectivity index (χ1v) is 27.4. The first-order chi connectivity index (χ1) is 35.3. The Hall–Kier alpha value is -5.06. The fourth-order valence-corrected chi connectivity index (χ4v) is 8.57. The summed E-state index contributed by atoms with van der Waals surface area (Å²) in [6.07, 6.45) is 6.34. The van der Waals surface area contributed by atoms with E-state index < -0.39 is 0 Å². The van der Waals surface area contributed by atoms with Gasteiger partial charge in [0.15, 0.2) is 0 Å². The van der Waals surface area contributed by atoms with Gasteiger partial charge < -0.3 is 42.3 Å². The maximum absolute atomic E-state index is 11.1. The molecule has 0 saturated carbocycles. The van der Waals surface area contributed by atoms with Crippen molar-refractivity contribution in [2.24, 2.45) is 20.0 Å². The summed E-state index contributed by atoms with van der Waals surface area (Å²) >= 11 is 0. The summed E-state index contributed by atoms with van der Waals surface area (Å²) < 4.78 is 0. The van der Waals surface area contributed by atoms with Crippen LogP contribution in [0.25, 0.3) is 0 Å². The molecule has 0 atom stereocenters. The van der Waals surface area contributed by atoms with Gasteiger partial charge in [-0.1, -0.05) is 236 Å². The number of hydrogen-bond acceptors (Lipinski definition) is 8. The van der Waals surface area contributed by atoms with E-state index in [1.165, 1.54) is 44.5 Å². The summed E-state index contributed by atoms with van der Waals surface area (Å²) in [6, 6.07) is 25.3. The molecule has 0 aromatic heterocycles. The predicted octanol–water partition coefficient (Wildman–Crippen LogP) is 16.7. The monoisotopic (exact) mass is 1290 g/mol. The zero-order chi connectivity index (χ0) is 58.3. The Morgan fingerprint density at radius 2 is 0.378 bits per heavy atom. The summed E-state index contributed by atoms with van der Waals surface area (Å²) in [4.78, 5) is 18.7. The fourth-order valence-electron chi connectivity index (χ4n) is 8.57. The van der Waals surface area contributed by atoms with Gasteiger partial charge in [-0.05, 0) is 120 Å².